The molecule has 0 saturated carbocycles. The third-order valence-electron chi connectivity index (χ3n) is 8.37. The topological polar surface area (TPSA) is 4.93 Å². The number of aryl methyl sites for hydroxylation is 1. The molecule has 2 aromatic carbocycles. The van der Waals surface area contributed by atoms with Gasteiger partial charge in [0.25, 0.3) is 0 Å². The van der Waals surface area contributed by atoms with E-state index in [4.69, 9.17) is 0 Å². The Morgan fingerprint density at radius 3 is 1.30 bits per heavy atom. The molecule has 1 nitrogen and oxygen atoms in total. The van der Waals surface area contributed by atoms with Gasteiger partial charge in [0.1, 0.15) is 0 Å². The molecule has 0 N–H and O–H groups in total. The molecular formula is C38H37NS4. The van der Waals surface area contributed by atoms with Crippen molar-refractivity contribution in [3.05, 3.63) is 94.7 Å². The molecule has 0 amide bonds. The summed E-state index contributed by atoms with van der Waals surface area (Å²) in [5.41, 5.74) is 8.24. The van der Waals surface area contributed by atoms with Crippen molar-refractivity contribution in [3.8, 4) is 40.4 Å². The fourth-order valence-corrected chi connectivity index (χ4v) is 9.71. The van der Waals surface area contributed by atoms with Crippen LogP contribution in [-0.4, -0.2) is 4.57 Å². The van der Waals surface area contributed by atoms with Crippen molar-refractivity contribution in [2.75, 3.05) is 0 Å². The lowest BCUT2D eigenvalue weighted by atomic mass is 9.83. The predicted octanol–water partition coefficient (Wildman–Crippen LogP) is 13.3. The Morgan fingerprint density at radius 2 is 0.953 bits per heavy atom. The Kier molecular flexibility index (Phi) is 7.09. The molecule has 5 heteroatoms. The summed E-state index contributed by atoms with van der Waals surface area (Å²) < 4.78 is 2.60. The molecule has 0 aliphatic heterocycles. The van der Waals surface area contributed by atoms with E-state index < -0.39 is 0 Å². The van der Waals surface area contributed by atoms with E-state index in [-0.39, 0.29) is 10.8 Å². The SMILES string of the molecule is CCn1c2c(-c3ccc(-c4cccs4)s3)cc(C(C)(C)C)cc2c2cc(C(C)(C)C)cc(-c3ccc(-c4cccs4)s3)c21. The number of benzene rings is 2. The summed E-state index contributed by atoms with van der Waals surface area (Å²) in [6.07, 6.45) is 0. The molecule has 43 heavy (non-hydrogen) atoms. The molecule has 0 bridgehead atoms. The van der Waals surface area contributed by atoms with Crippen LogP contribution in [0.25, 0.3) is 62.2 Å². The van der Waals surface area contributed by atoms with Crippen molar-refractivity contribution in [2.45, 2.75) is 65.8 Å². The highest BCUT2D eigenvalue weighted by Gasteiger charge is 2.26. The quantitative estimate of drug-likeness (QED) is 0.177. The molecule has 7 rings (SSSR count). The predicted molar refractivity (Wildman–Crippen MR) is 196 cm³/mol. The van der Waals surface area contributed by atoms with Gasteiger partial charge in [0.15, 0.2) is 0 Å². The average molecular weight is 636 g/mol. The zero-order valence-electron chi connectivity index (χ0n) is 25.9. The molecule has 0 aliphatic rings. The lowest BCUT2D eigenvalue weighted by Gasteiger charge is -2.21. The first-order valence-corrected chi connectivity index (χ1v) is 18.4. The van der Waals surface area contributed by atoms with Crippen LogP contribution >= 0.6 is 45.3 Å². The minimum absolute atomic E-state index is 0.0330. The van der Waals surface area contributed by atoms with Crippen LogP contribution in [0, 0.1) is 0 Å². The van der Waals surface area contributed by atoms with Gasteiger partial charge in [-0.25, -0.2) is 0 Å². The van der Waals surface area contributed by atoms with Crippen molar-refractivity contribution in [2.24, 2.45) is 0 Å². The first-order chi connectivity index (χ1) is 20.5. The van der Waals surface area contributed by atoms with Crippen molar-refractivity contribution < 1.29 is 0 Å². The standard InChI is InChI=1S/C38H37NS4/c1-8-39-35-25(19-23(37(2,3)4)21-27(35)29-13-15-33(42-29)31-11-9-17-40-31)26-20-24(38(5,6)7)22-28(36(26)39)30-14-16-34(43-30)32-12-10-18-41-32/h9-22H,8H2,1-7H3. The smallest absolute Gasteiger partial charge is 0.0579 e. The maximum absolute atomic E-state index is 2.60. The second-order valence-corrected chi connectivity index (χ2v) is 17.4. The Bertz CT molecular complexity index is 1920. The van der Waals surface area contributed by atoms with Crippen molar-refractivity contribution >= 4 is 67.2 Å². The van der Waals surface area contributed by atoms with Gasteiger partial charge in [0, 0.05) is 57.7 Å². The minimum Gasteiger partial charge on any atom is -0.340 e. The van der Waals surface area contributed by atoms with E-state index in [1.165, 1.54) is 73.3 Å². The van der Waals surface area contributed by atoms with Crippen LogP contribution in [0.15, 0.2) is 83.6 Å². The number of fused-ring (bicyclic) bond motifs is 3. The maximum atomic E-state index is 2.60. The first kappa shape index (κ1) is 28.8. The average Bonchev–Trinajstić information content (AvgIpc) is 3.79. The van der Waals surface area contributed by atoms with E-state index in [0.29, 0.717) is 0 Å². The molecule has 0 fully saturated rings. The molecule has 5 aromatic heterocycles. The minimum atomic E-state index is 0.0330. The molecule has 0 aliphatic carbocycles. The molecule has 0 unspecified atom stereocenters. The van der Waals surface area contributed by atoms with Crippen molar-refractivity contribution in [1.29, 1.82) is 0 Å². The van der Waals surface area contributed by atoms with E-state index in [9.17, 15) is 0 Å². The summed E-state index contributed by atoms with van der Waals surface area (Å²) in [5.74, 6) is 0. The van der Waals surface area contributed by atoms with Crippen LogP contribution in [0.4, 0.5) is 0 Å². The normalized spacial score (nSPS) is 12.6. The number of aromatic nitrogens is 1. The Hall–Kier alpha value is -2.96. The van der Waals surface area contributed by atoms with Crippen LogP contribution in [0.5, 0.6) is 0 Å². The molecular weight excluding hydrogens is 599 g/mol. The third kappa shape index (κ3) is 5.04. The molecule has 218 valence electrons. The number of hydrogen-bond acceptors (Lipinski definition) is 4. The number of hydrogen-bond donors (Lipinski definition) is 0. The van der Waals surface area contributed by atoms with Crippen LogP contribution in [0.3, 0.4) is 0 Å². The van der Waals surface area contributed by atoms with E-state index >= 15 is 0 Å². The number of nitrogens with zero attached hydrogens (tertiary/aromatic N) is 1. The summed E-state index contributed by atoms with van der Waals surface area (Å²) in [6.45, 7) is 17.3. The number of thiophene rings is 4. The van der Waals surface area contributed by atoms with Gasteiger partial charge in [0.05, 0.1) is 11.0 Å². The second-order valence-electron chi connectivity index (χ2n) is 13.4. The summed E-state index contributed by atoms with van der Waals surface area (Å²) in [6, 6.07) is 28.0. The van der Waals surface area contributed by atoms with Gasteiger partial charge in [-0.2, -0.15) is 0 Å². The van der Waals surface area contributed by atoms with Gasteiger partial charge >= 0.3 is 0 Å². The van der Waals surface area contributed by atoms with E-state index in [1.54, 1.807) is 0 Å². The molecule has 0 spiro atoms. The highest BCUT2D eigenvalue weighted by molar-refractivity contribution is 7.23. The molecule has 7 aromatic rings. The molecule has 0 atom stereocenters. The second kappa shape index (κ2) is 10.6. The fraction of sp³-hybridized carbons (Fsp3) is 0.263. The fourth-order valence-electron chi connectivity index (χ4n) is 6.00. The van der Waals surface area contributed by atoms with Gasteiger partial charge < -0.3 is 4.57 Å². The molecule has 0 radical (unpaired) electrons. The van der Waals surface area contributed by atoms with Gasteiger partial charge in [-0.3, -0.25) is 0 Å². The zero-order valence-corrected chi connectivity index (χ0v) is 29.1. The number of rotatable bonds is 5. The summed E-state index contributed by atoms with van der Waals surface area (Å²) in [5, 5.41) is 7.08. The maximum Gasteiger partial charge on any atom is 0.0579 e. The Morgan fingerprint density at radius 1 is 0.535 bits per heavy atom. The summed E-state index contributed by atoms with van der Waals surface area (Å²) in [7, 11) is 0. The highest BCUT2D eigenvalue weighted by atomic mass is 32.1. The van der Waals surface area contributed by atoms with E-state index in [2.05, 4.69) is 137 Å². The Labute approximate surface area is 271 Å². The third-order valence-corrected chi connectivity index (χ3v) is 12.7. The Balaban J connectivity index is 1.58. The molecule has 5 heterocycles. The van der Waals surface area contributed by atoms with Gasteiger partial charge in [-0.1, -0.05) is 53.7 Å². The van der Waals surface area contributed by atoms with E-state index in [0.717, 1.165) is 6.54 Å². The summed E-state index contributed by atoms with van der Waals surface area (Å²) in [4.78, 5) is 8.04. The van der Waals surface area contributed by atoms with Crippen LogP contribution < -0.4 is 0 Å². The van der Waals surface area contributed by atoms with Crippen molar-refractivity contribution in [3.63, 3.8) is 0 Å². The van der Waals surface area contributed by atoms with Crippen molar-refractivity contribution in [1.82, 2.24) is 4.57 Å². The highest BCUT2D eigenvalue weighted by Crippen LogP contribution is 2.48. The summed E-state index contributed by atoms with van der Waals surface area (Å²) >= 11 is 7.47. The van der Waals surface area contributed by atoms with Gasteiger partial charge in [-0.05, 0) is 100 Å². The van der Waals surface area contributed by atoms with E-state index in [1.807, 2.05) is 45.3 Å². The van der Waals surface area contributed by atoms with Crippen LogP contribution in [0.2, 0.25) is 0 Å². The largest absolute Gasteiger partial charge is 0.340 e. The van der Waals surface area contributed by atoms with Crippen LogP contribution in [-0.2, 0) is 17.4 Å². The zero-order chi connectivity index (χ0) is 30.1. The molecule has 0 saturated heterocycles. The lowest BCUT2D eigenvalue weighted by Crippen LogP contribution is -2.11. The van der Waals surface area contributed by atoms with Crippen LogP contribution in [0.1, 0.15) is 59.6 Å². The van der Waals surface area contributed by atoms with Gasteiger partial charge in [-0.15, -0.1) is 45.3 Å². The lowest BCUT2D eigenvalue weighted by molar-refractivity contribution is 0.590. The van der Waals surface area contributed by atoms with Gasteiger partial charge in [0.2, 0.25) is 0 Å². The monoisotopic (exact) mass is 635 g/mol. The first-order valence-electron chi connectivity index (χ1n) is 15.0.